The number of hydrogen-bond acceptors (Lipinski definition) is 6. The van der Waals surface area contributed by atoms with Crippen molar-refractivity contribution in [3.8, 4) is 0 Å². The highest BCUT2D eigenvalue weighted by Gasteiger charge is 2.70. The monoisotopic (exact) mass is 683 g/mol. The molecule has 4 unspecified atom stereocenters. The largest absolute Gasteiger partial charge is 0.495 e. The molecular weight excluding hydrogens is 622 g/mol. The number of ether oxygens (including phenoxy) is 1. The molecule has 0 spiro atoms. The van der Waals surface area contributed by atoms with Gasteiger partial charge in [-0.25, -0.2) is 0 Å². The van der Waals surface area contributed by atoms with E-state index in [1.807, 2.05) is 0 Å². The Balaban J connectivity index is 1.32. The molecule has 0 radical (unpaired) electrons. The first-order valence-electron chi connectivity index (χ1n) is 19.1. The average molecular weight is 684 g/mol. The van der Waals surface area contributed by atoms with Gasteiger partial charge < -0.3 is 15.2 Å². The number of aliphatic carboxylic acids is 1. The number of nitrogens with one attached hydrogen (secondary N) is 1. The van der Waals surface area contributed by atoms with E-state index in [4.69, 9.17) is 4.74 Å². The number of ketones is 1. The Bertz CT molecular complexity index is 1650. The number of fused-ring (bicyclic) bond motifs is 7. The molecule has 5 aliphatic rings. The number of carboxylic acid groups (broad SMARTS) is 1. The minimum Gasteiger partial charge on any atom is -0.495 e. The first-order valence-corrected chi connectivity index (χ1v) is 19.1. The van der Waals surface area contributed by atoms with Crippen LogP contribution in [0.3, 0.4) is 0 Å². The summed E-state index contributed by atoms with van der Waals surface area (Å²) in [6.07, 6.45) is 14.4. The molecule has 8 atom stereocenters. The molecule has 0 saturated heterocycles. The second kappa shape index (κ2) is 12.2. The average Bonchev–Trinajstić information content (AvgIpc) is 3.33. The topological polar surface area (TPSA) is 101 Å². The number of allylic oxidation sites excluding steroid dienone is 2. The molecule has 0 aliphatic heterocycles. The highest BCUT2D eigenvalue weighted by atomic mass is 16.5. The molecule has 6 rings (SSSR count). The minimum absolute atomic E-state index is 0.0139. The van der Waals surface area contributed by atoms with Crippen LogP contribution in [0.4, 0.5) is 0 Å². The second-order valence-corrected chi connectivity index (χ2v) is 18.9. The van der Waals surface area contributed by atoms with Crippen molar-refractivity contribution in [1.82, 2.24) is 15.3 Å². The molecular formula is C43H61N3O4. The molecule has 7 heteroatoms. The summed E-state index contributed by atoms with van der Waals surface area (Å²) in [5.74, 6) is 1.56. The smallest absolute Gasteiger partial charge is 0.309 e. The van der Waals surface area contributed by atoms with Crippen LogP contribution in [0.15, 0.2) is 54.4 Å². The minimum atomic E-state index is -0.910. The fraction of sp³-hybridized carbons (Fsp3) is 0.698. The number of carbonyl (C=O) groups is 2. The predicted molar refractivity (Wildman–Crippen MR) is 197 cm³/mol. The SMILES string of the molecule is C=C=C(N[C@@]12CC[C@]3(C)C(CCC4C3(C)CCC3C(C)(C)[C@@H](OC(=C)CC(C)(C)C(=O)O)CC[C@@]34C)C1=C(C(C)C)C(=O)C2)c1cnccn1. The van der Waals surface area contributed by atoms with Gasteiger partial charge in [0.15, 0.2) is 5.78 Å². The van der Waals surface area contributed by atoms with Crippen LogP contribution in [-0.4, -0.2) is 38.5 Å². The van der Waals surface area contributed by atoms with Crippen LogP contribution in [0.5, 0.6) is 0 Å². The van der Waals surface area contributed by atoms with Crippen molar-refractivity contribution in [2.45, 2.75) is 138 Å². The molecule has 0 amide bonds. The van der Waals surface area contributed by atoms with Crippen molar-refractivity contribution in [3.05, 3.63) is 60.1 Å². The number of aromatic nitrogens is 2. The van der Waals surface area contributed by atoms with Gasteiger partial charge in [-0.05, 0) is 116 Å². The van der Waals surface area contributed by atoms with E-state index in [0.717, 1.165) is 62.6 Å². The van der Waals surface area contributed by atoms with E-state index >= 15 is 0 Å². The number of nitrogens with zero attached hydrogens (tertiary/aromatic N) is 2. The Morgan fingerprint density at radius 1 is 1.04 bits per heavy atom. The third-order valence-corrected chi connectivity index (χ3v) is 15.3. The molecule has 272 valence electrons. The van der Waals surface area contributed by atoms with Gasteiger partial charge in [-0.2, -0.15) is 0 Å². The number of hydrogen-bond donors (Lipinski definition) is 2. The molecule has 5 aliphatic carbocycles. The van der Waals surface area contributed by atoms with Crippen LogP contribution < -0.4 is 5.32 Å². The lowest BCUT2D eigenvalue weighted by atomic mass is 9.33. The van der Waals surface area contributed by atoms with E-state index in [9.17, 15) is 14.7 Å². The lowest BCUT2D eigenvalue weighted by molar-refractivity contribution is -0.229. The Labute approximate surface area is 300 Å². The van der Waals surface area contributed by atoms with Gasteiger partial charge in [-0.15, -0.1) is 5.73 Å². The number of rotatable bonds is 9. The molecule has 2 N–H and O–H groups in total. The van der Waals surface area contributed by atoms with E-state index in [1.54, 1.807) is 32.4 Å². The van der Waals surface area contributed by atoms with E-state index in [1.165, 1.54) is 5.57 Å². The summed E-state index contributed by atoms with van der Waals surface area (Å²) in [5, 5.41) is 13.6. The van der Waals surface area contributed by atoms with Gasteiger partial charge in [0.2, 0.25) is 0 Å². The zero-order valence-electron chi connectivity index (χ0n) is 32.2. The maximum Gasteiger partial charge on any atom is 0.309 e. The first-order chi connectivity index (χ1) is 23.3. The van der Waals surface area contributed by atoms with E-state index < -0.39 is 16.9 Å². The van der Waals surface area contributed by atoms with Crippen molar-refractivity contribution in [2.75, 3.05) is 0 Å². The molecule has 1 aromatic rings. The Hall–Kier alpha value is -3.18. The Kier molecular flexibility index (Phi) is 8.94. The maximum absolute atomic E-state index is 14.0. The van der Waals surface area contributed by atoms with Crippen molar-refractivity contribution < 1.29 is 19.4 Å². The van der Waals surface area contributed by atoms with E-state index in [0.29, 0.717) is 42.0 Å². The zero-order valence-corrected chi connectivity index (χ0v) is 32.2. The molecule has 7 nitrogen and oxygen atoms in total. The first kappa shape index (κ1) is 36.6. The number of carboxylic acids is 1. The van der Waals surface area contributed by atoms with Crippen molar-refractivity contribution in [1.29, 1.82) is 0 Å². The zero-order chi connectivity index (χ0) is 36.7. The van der Waals surface area contributed by atoms with Crippen LogP contribution in [0.25, 0.3) is 5.70 Å². The fourth-order valence-corrected chi connectivity index (χ4v) is 12.6. The quantitative estimate of drug-likeness (QED) is 0.198. The van der Waals surface area contributed by atoms with Gasteiger partial charge in [0.1, 0.15) is 17.5 Å². The molecule has 4 fully saturated rings. The summed E-state index contributed by atoms with van der Waals surface area (Å²) in [5.41, 5.74) is 5.82. The van der Waals surface area contributed by atoms with Gasteiger partial charge in [0.05, 0.1) is 22.9 Å². The number of Topliss-reactive ketones (excluding diaryl/α,β-unsaturated/α-hetero) is 1. The lowest BCUT2D eigenvalue weighted by Gasteiger charge is -2.72. The van der Waals surface area contributed by atoms with Gasteiger partial charge in [-0.3, -0.25) is 19.6 Å². The summed E-state index contributed by atoms with van der Waals surface area (Å²) < 4.78 is 6.61. The molecule has 1 heterocycles. The predicted octanol–water partition coefficient (Wildman–Crippen LogP) is 9.32. The summed E-state index contributed by atoms with van der Waals surface area (Å²) in [7, 11) is 0. The van der Waals surface area contributed by atoms with Crippen LogP contribution in [0, 0.1) is 50.7 Å². The molecule has 50 heavy (non-hydrogen) atoms. The van der Waals surface area contributed by atoms with Crippen LogP contribution in [0.1, 0.15) is 132 Å². The van der Waals surface area contributed by atoms with Gasteiger partial charge in [-0.1, -0.05) is 61.6 Å². The third kappa shape index (κ3) is 5.35. The fourth-order valence-electron chi connectivity index (χ4n) is 12.6. The highest BCUT2D eigenvalue weighted by Crippen LogP contribution is 2.76. The normalized spacial score (nSPS) is 37.5. The van der Waals surface area contributed by atoms with Gasteiger partial charge in [0, 0.05) is 30.7 Å². The summed E-state index contributed by atoms with van der Waals surface area (Å²) in [4.78, 5) is 34.7. The molecule has 1 aromatic heterocycles. The number of carbonyl (C=O) groups excluding carboxylic acids is 1. The Morgan fingerprint density at radius 2 is 1.76 bits per heavy atom. The standard InChI is InChI=1S/C43H61N3O4/c1-12-29(30-25-44-21-22-45-30)46-43-20-19-41(10)28(36(43)35(26(2)3)31(47)24-43)13-14-33-40(9)17-16-34(50-27(4)23-38(5,6)37(48)49)39(7,8)32(40)15-18-42(33,41)11/h21-22,25-26,28,32-34,46H,1,4,13-20,23-24H2,2-3,5-11H3,(H,48,49)/t28?,32?,33?,34-,40-,41+,42?,43+/m0/s1. The van der Waals surface area contributed by atoms with Gasteiger partial charge in [0.25, 0.3) is 0 Å². The van der Waals surface area contributed by atoms with Crippen LogP contribution >= 0.6 is 0 Å². The second-order valence-electron chi connectivity index (χ2n) is 18.9. The molecule has 0 aromatic carbocycles. The molecule has 0 bridgehead atoms. The maximum atomic E-state index is 14.0. The summed E-state index contributed by atoms with van der Waals surface area (Å²) in [6.45, 7) is 28.6. The van der Waals surface area contributed by atoms with Crippen molar-refractivity contribution in [3.63, 3.8) is 0 Å². The van der Waals surface area contributed by atoms with Crippen molar-refractivity contribution in [2.24, 2.45) is 50.7 Å². The highest BCUT2D eigenvalue weighted by molar-refractivity contribution is 6.01. The summed E-state index contributed by atoms with van der Waals surface area (Å²) >= 11 is 0. The molecule has 4 saturated carbocycles. The Morgan fingerprint density at radius 3 is 2.38 bits per heavy atom. The van der Waals surface area contributed by atoms with E-state index in [-0.39, 0.29) is 39.5 Å². The van der Waals surface area contributed by atoms with Crippen LogP contribution in [-0.2, 0) is 14.3 Å². The van der Waals surface area contributed by atoms with Crippen LogP contribution in [0.2, 0.25) is 0 Å². The van der Waals surface area contributed by atoms with Gasteiger partial charge >= 0.3 is 5.97 Å². The summed E-state index contributed by atoms with van der Waals surface area (Å²) in [6, 6.07) is 0. The van der Waals surface area contributed by atoms with Crippen molar-refractivity contribution >= 4 is 17.4 Å². The van der Waals surface area contributed by atoms with E-state index in [2.05, 4.69) is 82.6 Å². The lowest BCUT2D eigenvalue weighted by Crippen LogP contribution is -2.67. The third-order valence-electron chi connectivity index (χ3n) is 15.3.